The maximum atomic E-state index is 9.19. The highest BCUT2D eigenvalue weighted by molar-refractivity contribution is 5.55. The molecule has 0 radical (unpaired) electrons. The van der Waals surface area contributed by atoms with Crippen LogP contribution in [0.5, 0.6) is 5.75 Å². The topological polar surface area (TPSA) is 55.2 Å². The van der Waals surface area contributed by atoms with Crippen LogP contribution in [0.1, 0.15) is 31.7 Å². The molecule has 21 heavy (non-hydrogen) atoms. The first-order valence-electron chi connectivity index (χ1n) is 7.32. The van der Waals surface area contributed by atoms with Crippen LogP contribution in [0, 0.1) is 0 Å². The number of rotatable bonds is 7. The third kappa shape index (κ3) is 4.83. The lowest BCUT2D eigenvalue weighted by atomic mass is 10.0. The van der Waals surface area contributed by atoms with Gasteiger partial charge in [-0.1, -0.05) is 30.7 Å². The summed E-state index contributed by atoms with van der Waals surface area (Å²) in [7, 11) is 1.76. The zero-order chi connectivity index (χ0) is 15.1. The molecule has 112 valence electrons. The van der Waals surface area contributed by atoms with Crippen LogP contribution >= 0.6 is 0 Å². The van der Waals surface area contributed by atoms with Crippen LogP contribution in [0.15, 0.2) is 36.7 Å². The van der Waals surface area contributed by atoms with Crippen LogP contribution in [0.25, 0.3) is 11.4 Å². The van der Waals surface area contributed by atoms with E-state index in [9.17, 15) is 5.11 Å². The van der Waals surface area contributed by atoms with E-state index in [4.69, 9.17) is 4.74 Å². The van der Waals surface area contributed by atoms with Crippen molar-refractivity contribution in [1.82, 2.24) is 9.97 Å². The zero-order valence-electron chi connectivity index (χ0n) is 12.6. The maximum Gasteiger partial charge on any atom is 0.159 e. The smallest absolute Gasteiger partial charge is 0.159 e. The number of nitrogens with zero attached hydrogens (tertiary/aromatic N) is 2. The number of aromatic hydroxyl groups is 1. The van der Waals surface area contributed by atoms with E-state index >= 15 is 0 Å². The Morgan fingerprint density at radius 2 is 1.76 bits per heavy atom. The third-order valence-electron chi connectivity index (χ3n) is 3.58. The normalized spacial score (nSPS) is 12.3. The molecular weight excluding hydrogens is 264 g/mol. The van der Waals surface area contributed by atoms with Gasteiger partial charge in [-0.05, 0) is 31.7 Å². The monoisotopic (exact) mass is 286 g/mol. The Hall–Kier alpha value is -1.94. The van der Waals surface area contributed by atoms with Gasteiger partial charge in [0.2, 0.25) is 0 Å². The number of hydrogen-bond acceptors (Lipinski definition) is 4. The Kier molecular flexibility index (Phi) is 5.69. The molecule has 1 atom stereocenters. The molecule has 0 aliphatic rings. The molecule has 4 heteroatoms. The van der Waals surface area contributed by atoms with Gasteiger partial charge in [-0.25, -0.2) is 9.97 Å². The van der Waals surface area contributed by atoms with Crippen molar-refractivity contribution in [3.05, 3.63) is 42.2 Å². The van der Waals surface area contributed by atoms with Gasteiger partial charge in [-0.2, -0.15) is 0 Å². The molecule has 1 aromatic carbocycles. The van der Waals surface area contributed by atoms with E-state index in [0.29, 0.717) is 11.9 Å². The zero-order valence-corrected chi connectivity index (χ0v) is 12.6. The van der Waals surface area contributed by atoms with Crippen LogP contribution in [0.2, 0.25) is 0 Å². The van der Waals surface area contributed by atoms with E-state index in [1.54, 1.807) is 7.11 Å². The number of aromatic nitrogens is 2. The number of benzene rings is 1. The highest BCUT2D eigenvalue weighted by Crippen LogP contribution is 2.18. The predicted molar refractivity (Wildman–Crippen MR) is 83.2 cm³/mol. The average Bonchev–Trinajstić information content (AvgIpc) is 2.52. The SMILES string of the molecule is COC(C)CCCCc1ccc(-c2ncc(O)cn2)cc1. The van der Waals surface area contributed by atoms with Gasteiger partial charge in [-0.3, -0.25) is 0 Å². The molecule has 1 heterocycles. The standard InChI is InChI=1S/C17H22N2O2/c1-13(21-2)5-3-4-6-14-7-9-15(10-8-14)17-18-11-16(20)12-19-17/h7-13,20H,3-6H2,1-2H3. The summed E-state index contributed by atoms with van der Waals surface area (Å²) < 4.78 is 5.24. The first kappa shape index (κ1) is 15.4. The molecule has 0 saturated heterocycles. The quantitative estimate of drug-likeness (QED) is 0.790. The Morgan fingerprint density at radius 1 is 1.10 bits per heavy atom. The van der Waals surface area contributed by atoms with Gasteiger partial charge in [0.1, 0.15) is 0 Å². The van der Waals surface area contributed by atoms with Gasteiger partial charge >= 0.3 is 0 Å². The summed E-state index contributed by atoms with van der Waals surface area (Å²) in [5.41, 5.74) is 2.29. The van der Waals surface area contributed by atoms with Crippen molar-refractivity contribution in [3.63, 3.8) is 0 Å². The molecule has 4 nitrogen and oxygen atoms in total. The molecule has 0 bridgehead atoms. The van der Waals surface area contributed by atoms with E-state index in [1.807, 2.05) is 12.1 Å². The molecule has 0 aliphatic heterocycles. The second-order valence-electron chi connectivity index (χ2n) is 5.25. The Bertz CT molecular complexity index is 538. The molecule has 2 rings (SSSR count). The first-order valence-corrected chi connectivity index (χ1v) is 7.32. The lowest BCUT2D eigenvalue weighted by Crippen LogP contribution is -2.04. The lowest BCUT2D eigenvalue weighted by molar-refractivity contribution is 0.108. The number of methoxy groups -OCH3 is 1. The largest absolute Gasteiger partial charge is 0.505 e. The van der Waals surface area contributed by atoms with Crippen molar-refractivity contribution < 1.29 is 9.84 Å². The molecule has 1 aromatic heterocycles. The number of unbranched alkanes of at least 4 members (excludes halogenated alkanes) is 1. The molecular formula is C17H22N2O2. The predicted octanol–water partition coefficient (Wildman–Crippen LogP) is 3.60. The van der Waals surface area contributed by atoms with Crippen molar-refractivity contribution in [2.45, 2.75) is 38.7 Å². The van der Waals surface area contributed by atoms with Crippen molar-refractivity contribution in [2.75, 3.05) is 7.11 Å². The summed E-state index contributed by atoms with van der Waals surface area (Å²) in [6.45, 7) is 2.10. The second kappa shape index (κ2) is 7.74. The van der Waals surface area contributed by atoms with Gasteiger partial charge in [0.25, 0.3) is 0 Å². The fraction of sp³-hybridized carbons (Fsp3) is 0.412. The lowest BCUT2D eigenvalue weighted by Gasteiger charge is -2.08. The number of aryl methyl sites for hydroxylation is 1. The molecule has 2 aromatic rings. The Morgan fingerprint density at radius 3 is 2.38 bits per heavy atom. The summed E-state index contributed by atoms with van der Waals surface area (Å²) in [4.78, 5) is 8.21. The number of ether oxygens (including phenoxy) is 1. The molecule has 0 spiro atoms. The van der Waals surface area contributed by atoms with Crippen LogP contribution < -0.4 is 0 Å². The van der Waals surface area contributed by atoms with Gasteiger partial charge in [0, 0.05) is 12.7 Å². The van der Waals surface area contributed by atoms with E-state index < -0.39 is 0 Å². The summed E-state index contributed by atoms with van der Waals surface area (Å²) in [5, 5.41) is 9.19. The number of hydrogen-bond donors (Lipinski definition) is 1. The highest BCUT2D eigenvalue weighted by Gasteiger charge is 2.02. The molecule has 1 N–H and O–H groups in total. The fourth-order valence-electron chi connectivity index (χ4n) is 2.17. The minimum absolute atomic E-state index is 0.0839. The Balaban J connectivity index is 1.86. The summed E-state index contributed by atoms with van der Waals surface area (Å²) in [6, 6.07) is 8.29. The molecule has 0 aliphatic carbocycles. The van der Waals surface area contributed by atoms with Gasteiger partial charge in [-0.15, -0.1) is 0 Å². The summed E-state index contributed by atoms with van der Waals surface area (Å²) in [5.74, 6) is 0.717. The Labute approximate surface area is 125 Å². The fourth-order valence-corrected chi connectivity index (χ4v) is 2.17. The van der Waals surface area contributed by atoms with Crippen molar-refractivity contribution in [3.8, 4) is 17.1 Å². The maximum absolute atomic E-state index is 9.19. The van der Waals surface area contributed by atoms with E-state index in [-0.39, 0.29) is 5.75 Å². The van der Waals surface area contributed by atoms with Gasteiger partial charge in [0.05, 0.1) is 18.5 Å². The molecule has 0 amide bonds. The first-order chi connectivity index (χ1) is 10.2. The third-order valence-corrected chi connectivity index (χ3v) is 3.58. The van der Waals surface area contributed by atoms with E-state index in [1.165, 1.54) is 30.8 Å². The minimum Gasteiger partial charge on any atom is -0.505 e. The van der Waals surface area contributed by atoms with Crippen molar-refractivity contribution >= 4 is 0 Å². The van der Waals surface area contributed by atoms with Crippen LogP contribution in [-0.4, -0.2) is 28.3 Å². The highest BCUT2D eigenvalue weighted by atomic mass is 16.5. The van der Waals surface area contributed by atoms with E-state index in [0.717, 1.165) is 18.4 Å². The van der Waals surface area contributed by atoms with Gasteiger partial charge in [0.15, 0.2) is 11.6 Å². The van der Waals surface area contributed by atoms with Crippen molar-refractivity contribution in [1.29, 1.82) is 0 Å². The van der Waals surface area contributed by atoms with Gasteiger partial charge < -0.3 is 9.84 Å². The van der Waals surface area contributed by atoms with Crippen LogP contribution in [0.3, 0.4) is 0 Å². The van der Waals surface area contributed by atoms with Crippen molar-refractivity contribution in [2.24, 2.45) is 0 Å². The van der Waals surface area contributed by atoms with E-state index in [2.05, 4.69) is 29.0 Å². The second-order valence-corrected chi connectivity index (χ2v) is 5.25. The summed E-state index contributed by atoms with van der Waals surface area (Å²) >= 11 is 0. The minimum atomic E-state index is 0.0839. The average molecular weight is 286 g/mol. The van der Waals surface area contributed by atoms with Crippen LogP contribution in [0.4, 0.5) is 0 Å². The van der Waals surface area contributed by atoms with Crippen LogP contribution in [-0.2, 0) is 11.2 Å². The molecule has 0 fully saturated rings. The molecule has 1 unspecified atom stereocenters. The summed E-state index contributed by atoms with van der Waals surface area (Å²) in [6.07, 6.45) is 7.70. The molecule has 0 saturated carbocycles.